The Hall–Kier alpha value is -0.520. The molecule has 0 aromatic carbocycles. The smallest absolute Gasteiger partial charge is 0.0858 e. The van der Waals surface area contributed by atoms with Crippen LogP contribution in [0.3, 0.4) is 0 Å². The van der Waals surface area contributed by atoms with Gasteiger partial charge in [-0.3, -0.25) is 0 Å². The summed E-state index contributed by atoms with van der Waals surface area (Å²) < 4.78 is 5.48. The van der Waals surface area contributed by atoms with Gasteiger partial charge in [-0.15, -0.1) is 12.3 Å². The van der Waals surface area contributed by atoms with E-state index in [1.807, 2.05) is 0 Å². The predicted molar refractivity (Wildman–Crippen MR) is 66.1 cm³/mol. The molecule has 0 saturated heterocycles. The number of unbranched alkanes of at least 4 members (excludes halogenated alkanes) is 1. The summed E-state index contributed by atoms with van der Waals surface area (Å²) in [5.74, 6) is 3.15. The van der Waals surface area contributed by atoms with Crippen molar-refractivity contribution in [1.82, 2.24) is 0 Å². The van der Waals surface area contributed by atoms with Crippen molar-refractivity contribution in [2.24, 2.45) is 5.92 Å². The molecule has 0 radical (unpaired) electrons. The molecule has 0 aromatic heterocycles. The lowest BCUT2D eigenvalue weighted by Gasteiger charge is -2.32. The normalized spacial score (nSPS) is 21.3. The molecule has 16 heavy (non-hydrogen) atoms. The average molecular weight is 224 g/mol. The van der Waals surface area contributed by atoms with Crippen molar-refractivity contribution in [2.45, 2.75) is 63.6 Å². The van der Waals surface area contributed by atoms with Gasteiger partial charge in [-0.05, 0) is 31.6 Å². The quantitative estimate of drug-likeness (QED) is 0.555. The zero-order valence-corrected chi connectivity index (χ0v) is 10.3. The number of hydrogen-bond acceptors (Lipinski definition) is 2. The topological polar surface area (TPSA) is 29.5 Å². The zero-order chi connectivity index (χ0) is 11.8. The van der Waals surface area contributed by atoms with Gasteiger partial charge in [-0.2, -0.15) is 0 Å². The third-order valence-corrected chi connectivity index (χ3v) is 3.59. The molecule has 92 valence electrons. The molecule has 2 heteroatoms. The molecule has 0 spiro atoms. The second-order valence-corrected chi connectivity index (χ2v) is 4.76. The maximum absolute atomic E-state index is 10.1. The van der Waals surface area contributed by atoms with Crippen LogP contribution in [-0.4, -0.2) is 24.4 Å². The van der Waals surface area contributed by atoms with Crippen molar-refractivity contribution in [1.29, 1.82) is 0 Å². The van der Waals surface area contributed by atoms with Crippen LogP contribution < -0.4 is 0 Å². The molecule has 2 unspecified atom stereocenters. The molecule has 1 fully saturated rings. The Morgan fingerprint density at radius 1 is 1.38 bits per heavy atom. The van der Waals surface area contributed by atoms with Gasteiger partial charge in [0.15, 0.2) is 0 Å². The fourth-order valence-corrected chi connectivity index (χ4v) is 2.70. The van der Waals surface area contributed by atoms with E-state index in [1.54, 1.807) is 7.11 Å². The summed E-state index contributed by atoms with van der Waals surface area (Å²) in [6, 6.07) is 0. The van der Waals surface area contributed by atoms with Gasteiger partial charge < -0.3 is 9.84 Å². The van der Waals surface area contributed by atoms with Gasteiger partial charge in [0.05, 0.1) is 12.2 Å². The van der Waals surface area contributed by atoms with Gasteiger partial charge in [0, 0.05) is 13.5 Å². The Balaban J connectivity index is 2.36. The van der Waals surface area contributed by atoms with Crippen molar-refractivity contribution in [3.8, 4) is 12.3 Å². The molecule has 1 aliphatic rings. The lowest BCUT2D eigenvalue weighted by atomic mass is 9.82. The second-order valence-electron chi connectivity index (χ2n) is 4.76. The van der Waals surface area contributed by atoms with Gasteiger partial charge in [-0.25, -0.2) is 0 Å². The summed E-state index contributed by atoms with van der Waals surface area (Å²) >= 11 is 0. The number of hydrogen-bond donors (Lipinski definition) is 1. The van der Waals surface area contributed by atoms with Crippen molar-refractivity contribution in [2.75, 3.05) is 7.11 Å². The second kappa shape index (κ2) is 7.70. The minimum Gasteiger partial charge on any atom is -0.390 e. The Morgan fingerprint density at radius 2 is 2.06 bits per heavy atom. The third kappa shape index (κ3) is 4.15. The first-order chi connectivity index (χ1) is 7.79. The predicted octanol–water partition coefficient (Wildman–Crippen LogP) is 2.75. The Labute approximate surface area is 99.4 Å². The molecule has 0 bridgehead atoms. The molecule has 0 amide bonds. The molecule has 1 aliphatic carbocycles. The highest BCUT2D eigenvalue weighted by Gasteiger charge is 2.28. The molecule has 1 rings (SSSR count). The summed E-state index contributed by atoms with van der Waals surface area (Å²) in [5.41, 5.74) is 0. The first kappa shape index (κ1) is 13.5. The largest absolute Gasteiger partial charge is 0.390 e. The molecule has 1 N–H and O–H groups in total. The fraction of sp³-hybridized carbons (Fsp3) is 0.857. The van der Waals surface area contributed by atoms with Gasteiger partial charge in [0.1, 0.15) is 0 Å². The average Bonchev–Trinajstić information content (AvgIpc) is 2.32. The van der Waals surface area contributed by atoms with E-state index in [-0.39, 0.29) is 12.2 Å². The van der Waals surface area contributed by atoms with E-state index in [1.165, 1.54) is 32.1 Å². The molecule has 2 nitrogen and oxygen atoms in total. The molecule has 0 aliphatic heterocycles. The Kier molecular flexibility index (Phi) is 6.52. The minimum atomic E-state index is -0.346. The van der Waals surface area contributed by atoms with E-state index in [4.69, 9.17) is 11.2 Å². The first-order valence-electron chi connectivity index (χ1n) is 6.44. The van der Waals surface area contributed by atoms with Crippen LogP contribution in [0.4, 0.5) is 0 Å². The van der Waals surface area contributed by atoms with Gasteiger partial charge in [0.25, 0.3) is 0 Å². The van der Waals surface area contributed by atoms with Gasteiger partial charge in [-0.1, -0.05) is 19.3 Å². The Morgan fingerprint density at radius 3 is 2.62 bits per heavy atom. The highest BCUT2D eigenvalue weighted by Crippen LogP contribution is 2.30. The van der Waals surface area contributed by atoms with E-state index >= 15 is 0 Å². The van der Waals surface area contributed by atoms with E-state index in [9.17, 15) is 5.11 Å². The number of terminal acetylenes is 1. The van der Waals surface area contributed by atoms with Crippen LogP contribution in [0.25, 0.3) is 0 Å². The summed E-state index contributed by atoms with van der Waals surface area (Å²) in [6.07, 6.45) is 13.6. The van der Waals surface area contributed by atoms with Crippen molar-refractivity contribution in [3.05, 3.63) is 0 Å². The van der Waals surface area contributed by atoms with Crippen molar-refractivity contribution in [3.63, 3.8) is 0 Å². The zero-order valence-electron chi connectivity index (χ0n) is 10.3. The fourth-order valence-electron chi connectivity index (χ4n) is 2.70. The minimum absolute atomic E-state index is 0.0121. The standard InChI is InChI=1S/C14H24O2/c1-3-4-6-11-13(15)14(16-2)12-9-7-5-8-10-12/h1,12-15H,4-11H2,2H3. The van der Waals surface area contributed by atoms with Crippen molar-refractivity contribution >= 4 is 0 Å². The molecule has 2 atom stereocenters. The van der Waals surface area contributed by atoms with Gasteiger partial charge in [0.2, 0.25) is 0 Å². The van der Waals surface area contributed by atoms with Crippen LogP contribution in [0.15, 0.2) is 0 Å². The van der Waals surface area contributed by atoms with Crippen LogP contribution in [0, 0.1) is 18.3 Å². The highest BCUT2D eigenvalue weighted by molar-refractivity contribution is 4.85. The Bertz CT molecular complexity index is 213. The van der Waals surface area contributed by atoms with Crippen LogP contribution in [0.2, 0.25) is 0 Å². The van der Waals surface area contributed by atoms with Crippen LogP contribution in [-0.2, 0) is 4.74 Å². The van der Waals surface area contributed by atoms with Crippen molar-refractivity contribution < 1.29 is 9.84 Å². The van der Waals surface area contributed by atoms with E-state index in [0.29, 0.717) is 5.92 Å². The molecule has 1 saturated carbocycles. The third-order valence-electron chi connectivity index (χ3n) is 3.59. The highest BCUT2D eigenvalue weighted by atomic mass is 16.5. The molecule has 0 heterocycles. The van der Waals surface area contributed by atoms with Crippen LogP contribution in [0.1, 0.15) is 51.4 Å². The monoisotopic (exact) mass is 224 g/mol. The maximum atomic E-state index is 10.1. The SMILES string of the molecule is C#CCCCC(O)C(OC)C1CCCCC1. The van der Waals surface area contributed by atoms with E-state index in [2.05, 4.69) is 5.92 Å². The summed E-state index contributed by atoms with van der Waals surface area (Å²) in [4.78, 5) is 0. The van der Waals surface area contributed by atoms with Gasteiger partial charge >= 0.3 is 0 Å². The summed E-state index contributed by atoms with van der Waals surface area (Å²) in [7, 11) is 1.71. The van der Waals surface area contributed by atoms with E-state index < -0.39 is 0 Å². The maximum Gasteiger partial charge on any atom is 0.0858 e. The number of ether oxygens (including phenoxy) is 1. The number of aliphatic hydroxyl groups is 1. The van der Waals surface area contributed by atoms with E-state index in [0.717, 1.165) is 19.3 Å². The number of aliphatic hydroxyl groups excluding tert-OH is 1. The molecular weight excluding hydrogens is 200 g/mol. The first-order valence-corrected chi connectivity index (χ1v) is 6.44. The lowest BCUT2D eigenvalue weighted by Crippen LogP contribution is -2.36. The summed E-state index contributed by atoms with van der Waals surface area (Å²) in [6.45, 7) is 0. The van der Waals surface area contributed by atoms with Crippen LogP contribution >= 0.6 is 0 Å². The number of methoxy groups -OCH3 is 1. The van der Waals surface area contributed by atoms with Crippen LogP contribution in [0.5, 0.6) is 0 Å². The molecule has 0 aromatic rings. The summed E-state index contributed by atoms with van der Waals surface area (Å²) in [5, 5.41) is 10.1. The lowest BCUT2D eigenvalue weighted by molar-refractivity contribution is -0.0574. The number of rotatable bonds is 6. The molecular formula is C14H24O2.